The van der Waals surface area contributed by atoms with Crippen molar-refractivity contribution in [3.63, 3.8) is 0 Å². The van der Waals surface area contributed by atoms with Gasteiger partial charge in [-0.2, -0.15) is 10.3 Å². The van der Waals surface area contributed by atoms with Gasteiger partial charge in [-0.15, -0.1) is 0 Å². The molecule has 3 N–H and O–H groups in total. The number of carbonyl (C=O) groups is 1. The summed E-state index contributed by atoms with van der Waals surface area (Å²) in [5.41, 5.74) is 5.60. The number of rotatable bonds is 4. The molecule has 0 aromatic carbocycles. The van der Waals surface area contributed by atoms with Crippen LogP contribution in [0.25, 0.3) is 0 Å². The van der Waals surface area contributed by atoms with E-state index < -0.39 is 6.09 Å². The third kappa shape index (κ3) is 3.05. The number of aromatic nitrogens is 2. The summed E-state index contributed by atoms with van der Waals surface area (Å²) in [4.78, 5) is 18.5. The number of carbonyl (C=O) groups excluding carboxylic acids is 1. The number of anilines is 1. The third-order valence-electron chi connectivity index (χ3n) is 2.02. The van der Waals surface area contributed by atoms with Crippen LogP contribution in [0.5, 0.6) is 0 Å². The lowest BCUT2D eigenvalue weighted by Gasteiger charge is -2.02. The monoisotopic (exact) mass is 251 g/mol. The van der Waals surface area contributed by atoms with Crippen LogP contribution in [0.15, 0.2) is 11.3 Å². The Bertz CT molecular complexity index is 500. The molecule has 0 radical (unpaired) electrons. The highest BCUT2D eigenvalue weighted by Crippen LogP contribution is 2.11. The first-order valence-electron chi connectivity index (χ1n) is 5.21. The first-order chi connectivity index (χ1) is 8.63. The van der Waals surface area contributed by atoms with Gasteiger partial charge in [-0.05, 0) is 6.92 Å². The number of nitriles is 1. The van der Waals surface area contributed by atoms with Crippen LogP contribution in [0.2, 0.25) is 0 Å². The van der Waals surface area contributed by atoms with Crippen LogP contribution in [0.1, 0.15) is 12.6 Å². The van der Waals surface area contributed by atoms with Crippen molar-refractivity contribution in [2.24, 2.45) is 4.99 Å². The van der Waals surface area contributed by atoms with Gasteiger partial charge in [0.2, 0.25) is 0 Å². The number of nitrogens with two attached hydrogens (primary N) is 1. The molecule has 1 aromatic heterocycles. The molecule has 1 rings (SSSR count). The van der Waals surface area contributed by atoms with Crippen molar-refractivity contribution in [2.45, 2.75) is 13.5 Å². The lowest BCUT2D eigenvalue weighted by atomic mass is 10.3. The number of nitrogens with zero attached hydrogens (tertiary/aromatic N) is 4. The summed E-state index contributed by atoms with van der Waals surface area (Å²) >= 11 is 0. The minimum Gasteiger partial charge on any atom is -0.448 e. The second-order valence-corrected chi connectivity index (χ2v) is 3.17. The molecular formula is C10H13N5O3. The largest absolute Gasteiger partial charge is 0.448 e. The molecule has 0 bridgehead atoms. The molecule has 0 fully saturated rings. The predicted molar refractivity (Wildman–Crippen MR) is 62.9 cm³/mol. The van der Waals surface area contributed by atoms with E-state index in [-0.39, 0.29) is 37.0 Å². The third-order valence-corrected chi connectivity index (χ3v) is 2.02. The summed E-state index contributed by atoms with van der Waals surface area (Å²) in [6.45, 7) is 1.92. The first-order valence-corrected chi connectivity index (χ1v) is 5.21. The van der Waals surface area contributed by atoms with Crippen molar-refractivity contribution in [3.8, 4) is 6.07 Å². The maximum Gasteiger partial charge on any atom is 0.434 e. The maximum absolute atomic E-state index is 11.2. The second kappa shape index (κ2) is 6.36. The molecule has 8 heteroatoms. The van der Waals surface area contributed by atoms with E-state index in [1.165, 1.54) is 10.9 Å². The molecular weight excluding hydrogens is 238 g/mol. The topological polar surface area (TPSA) is 127 Å². The number of hydrogen-bond donors (Lipinski definition) is 2. The van der Waals surface area contributed by atoms with Crippen molar-refractivity contribution >= 4 is 17.6 Å². The summed E-state index contributed by atoms with van der Waals surface area (Å²) in [7, 11) is 0. The van der Waals surface area contributed by atoms with Crippen molar-refractivity contribution in [1.82, 2.24) is 9.55 Å². The van der Waals surface area contributed by atoms with Crippen LogP contribution in [0.3, 0.4) is 0 Å². The van der Waals surface area contributed by atoms with Gasteiger partial charge < -0.3 is 20.1 Å². The van der Waals surface area contributed by atoms with Crippen LogP contribution in [-0.2, 0) is 11.3 Å². The minimum absolute atomic E-state index is 0.0963. The van der Waals surface area contributed by atoms with Crippen LogP contribution in [-0.4, -0.2) is 39.7 Å². The smallest absolute Gasteiger partial charge is 0.434 e. The van der Waals surface area contributed by atoms with E-state index in [2.05, 4.69) is 14.7 Å². The Morgan fingerprint density at radius 2 is 2.50 bits per heavy atom. The highest BCUT2D eigenvalue weighted by atomic mass is 16.5. The quantitative estimate of drug-likeness (QED) is 0.721. The van der Waals surface area contributed by atoms with Crippen molar-refractivity contribution in [3.05, 3.63) is 12.0 Å². The summed E-state index contributed by atoms with van der Waals surface area (Å²) in [6.07, 6.45) is 0.490. The molecule has 0 spiro atoms. The predicted octanol–water partition coefficient (Wildman–Crippen LogP) is -0.0732. The van der Waals surface area contributed by atoms with Crippen LogP contribution >= 0.6 is 0 Å². The summed E-state index contributed by atoms with van der Waals surface area (Å²) < 4.78 is 6.05. The number of imidazole rings is 1. The molecule has 0 aliphatic rings. The van der Waals surface area contributed by atoms with Gasteiger partial charge in [-0.25, -0.2) is 9.78 Å². The zero-order valence-electron chi connectivity index (χ0n) is 9.83. The van der Waals surface area contributed by atoms with Crippen molar-refractivity contribution in [1.29, 1.82) is 5.26 Å². The molecule has 1 heterocycles. The maximum atomic E-state index is 11.2. The Morgan fingerprint density at radius 3 is 3.06 bits per heavy atom. The van der Waals surface area contributed by atoms with E-state index in [9.17, 15) is 4.79 Å². The molecule has 0 atom stereocenters. The number of aliphatic imine (C=N–C) groups is 1. The Morgan fingerprint density at radius 1 is 1.78 bits per heavy atom. The average Bonchev–Trinajstić information content (AvgIpc) is 2.69. The summed E-state index contributed by atoms with van der Waals surface area (Å²) in [6, 6.07) is 1.73. The molecule has 0 unspecified atom stereocenters. The van der Waals surface area contributed by atoms with E-state index >= 15 is 0 Å². The Kier molecular flexibility index (Phi) is 4.83. The van der Waals surface area contributed by atoms with Gasteiger partial charge in [0.05, 0.1) is 19.5 Å². The number of aliphatic hydroxyl groups excluding tert-OH is 1. The number of amides is 1. The SMILES string of the molecule is CCOC(=O)N=C(C#N)c1ncn(CCO)c1N. The molecule has 0 saturated heterocycles. The van der Waals surface area contributed by atoms with Gasteiger partial charge in [0, 0.05) is 6.54 Å². The van der Waals surface area contributed by atoms with E-state index in [0.29, 0.717) is 0 Å². The molecule has 1 amide bonds. The molecule has 1 aromatic rings. The molecule has 0 saturated carbocycles. The normalized spacial score (nSPS) is 11.1. The zero-order valence-corrected chi connectivity index (χ0v) is 9.83. The number of aliphatic hydroxyl groups is 1. The lowest BCUT2D eigenvalue weighted by molar-refractivity contribution is 0.163. The van der Waals surface area contributed by atoms with Gasteiger partial charge in [0.15, 0.2) is 5.71 Å². The molecule has 96 valence electrons. The van der Waals surface area contributed by atoms with Crippen LogP contribution in [0, 0.1) is 11.3 Å². The lowest BCUT2D eigenvalue weighted by Crippen LogP contribution is -2.10. The first kappa shape index (κ1) is 13.7. The van der Waals surface area contributed by atoms with Crippen molar-refractivity contribution < 1.29 is 14.6 Å². The number of ether oxygens (including phenoxy) is 1. The fraction of sp³-hybridized carbons (Fsp3) is 0.400. The van der Waals surface area contributed by atoms with Crippen LogP contribution < -0.4 is 5.73 Å². The fourth-order valence-electron chi connectivity index (χ4n) is 1.24. The zero-order chi connectivity index (χ0) is 13.5. The minimum atomic E-state index is -0.870. The van der Waals surface area contributed by atoms with Gasteiger partial charge in [-0.3, -0.25) is 0 Å². The number of nitrogen functional groups attached to an aromatic ring is 1. The second-order valence-electron chi connectivity index (χ2n) is 3.17. The fourth-order valence-corrected chi connectivity index (χ4v) is 1.24. The molecule has 0 aliphatic heterocycles. The molecule has 0 aliphatic carbocycles. The Balaban J connectivity index is 3.03. The number of hydrogen-bond acceptors (Lipinski definition) is 6. The summed E-state index contributed by atoms with van der Waals surface area (Å²) in [5, 5.41) is 17.7. The van der Waals surface area contributed by atoms with E-state index in [1.807, 2.05) is 0 Å². The van der Waals surface area contributed by atoms with Crippen LogP contribution in [0.4, 0.5) is 10.6 Å². The molecule has 8 nitrogen and oxygen atoms in total. The van der Waals surface area contributed by atoms with Gasteiger partial charge in [0.1, 0.15) is 17.6 Å². The van der Waals surface area contributed by atoms with Gasteiger partial charge >= 0.3 is 6.09 Å². The van der Waals surface area contributed by atoms with E-state index in [4.69, 9.17) is 16.1 Å². The average molecular weight is 251 g/mol. The van der Waals surface area contributed by atoms with E-state index in [0.717, 1.165) is 0 Å². The highest BCUT2D eigenvalue weighted by Gasteiger charge is 2.15. The molecule has 18 heavy (non-hydrogen) atoms. The van der Waals surface area contributed by atoms with E-state index in [1.54, 1.807) is 13.0 Å². The highest BCUT2D eigenvalue weighted by molar-refractivity contribution is 6.16. The standard InChI is InChI=1S/C10H13N5O3/c1-2-18-10(17)14-7(5-11)8-9(12)15(3-4-16)6-13-8/h6,16H,2-4,12H2,1H3. The van der Waals surface area contributed by atoms with Gasteiger partial charge in [-0.1, -0.05) is 0 Å². The summed E-state index contributed by atoms with van der Waals surface area (Å²) in [5.74, 6) is 0.161. The Hall–Kier alpha value is -2.40. The van der Waals surface area contributed by atoms with Gasteiger partial charge in [0.25, 0.3) is 0 Å². The Labute approximate surface area is 103 Å². The van der Waals surface area contributed by atoms with Crippen molar-refractivity contribution in [2.75, 3.05) is 18.9 Å².